The number of ether oxygens (including phenoxy) is 1. The van der Waals surface area contributed by atoms with Gasteiger partial charge in [0.1, 0.15) is 0 Å². The van der Waals surface area contributed by atoms with Gasteiger partial charge < -0.3 is 10.1 Å². The van der Waals surface area contributed by atoms with Crippen LogP contribution in [-0.2, 0) is 4.74 Å². The largest absolute Gasteiger partial charge is 0.379 e. The Hall–Kier alpha value is -0.860. The molecule has 2 rings (SSSR count). The summed E-state index contributed by atoms with van der Waals surface area (Å²) in [5.74, 6) is 0.738. The van der Waals surface area contributed by atoms with Crippen LogP contribution in [0, 0.1) is 12.8 Å². The van der Waals surface area contributed by atoms with Crippen molar-refractivity contribution in [3.8, 4) is 0 Å². The Labute approximate surface area is 98.0 Å². The van der Waals surface area contributed by atoms with Crippen LogP contribution in [0.3, 0.4) is 0 Å². The highest BCUT2D eigenvalue weighted by Crippen LogP contribution is 2.40. The van der Waals surface area contributed by atoms with E-state index in [2.05, 4.69) is 36.5 Å². The second-order valence-corrected chi connectivity index (χ2v) is 4.66. The Kier molecular flexibility index (Phi) is 3.62. The summed E-state index contributed by atoms with van der Waals surface area (Å²) in [5, 5.41) is 3.41. The molecule has 0 heterocycles. The molecule has 1 aromatic carbocycles. The molecule has 0 saturated heterocycles. The van der Waals surface area contributed by atoms with Crippen molar-refractivity contribution in [2.75, 3.05) is 14.2 Å². The molecule has 0 amide bonds. The van der Waals surface area contributed by atoms with Crippen LogP contribution in [0.4, 0.5) is 0 Å². The molecular formula is C14H21NO. The highest BCUT2D eigenvalue weighted by molar-refractivity contribution is 5.30. The van der Waals surface area contributed by atoms with Crippen LogP contribution in [-0.4, -0.2) is 20.3 Å². The zero-order valence-corrected chi connectivity index (χ0v) is 10.4. The van der Waals surface area contributed by atoms with Crippen molar-refractivity contribution in [1.29, 1.82) is 0 Å². The van der Waals surface area contributed by atoms with Crippen molar-refractivity contribution in [2.24, 2.45) is 5.92 Å². The van der Waals surface area contributed by atoms with E-state index in [1.54, 1.807) is 0 Å². The summed E-state index contributed by atoms with van der Waals surface area (Å²) in [4.78, 5) is 0. The molecule has 1 fully saturated rings. The van der Waals surface area contributed by atoms with Gasteiger partial charge in [0.25, 0.3) is 0 Å². The van der Waals surface area contributed by atoms with Crippen LogP contribution in [0.2, 0.25) is 0 Å². The van der Waals surface area contributed by atoms with Crippen molar-refractivity contribution >= 4 is 0 Å². The first-order valence-corrected chi connectivity index (χ1v) is 6.03. The first-order valence-electron chi connectivity index (χ1n) is 6.03. The normalized spacial score (nSPS) is 19.4. The fourth-order valence-corrected chi connectivity index (χ4v) is 2.46. The minimum atomic E-state index is 0.311. The van der Waals surface area contributed by atoms with Gasteiger partial charge in [-0.05, 0) is 43.9 Å². The number of hydrogen-bond acceptors (Lipinski definition) is 2. The summed E-state index contributed by atoms with van der Waals surface area (Å²) in [6.07, 6.45) is 2.93. The number of aryl methyl sites for hydroxylation is 1. The molecule has 0 bridgehead atoms. The summed E-state index contributed by atoms with van der Waals surface area (Å²) in [7, 11) is 3.84. The van der Waals surface area contributed by atoms with Crippen LogP contribution < -0.4 is 5.32 Å². The minimum Gasteiger partial charge on any atom is -0.379 e. The van der Waals surface area contributed by atoms with Crippen molar-refractivity contribution < 1.29 is 4.74 Å². The first-order chi connectivity index (χ1) is 7.77. The smallest absolute Gasteiger partial charge is 0.0794 e. The zero-order chi connectivity index (χ0) is 11.5. The van der Waals surface area contributed by atoms with Crippen LogP contribution in [0.25, 0.3) is 0 Å². The lowest BCUT2D eigenvalue weighted by molar-refractivity contribution is 0.0528. The number of benzene rings is 1. The van der Waals surface area contributed by atoms with Gasteiger partial charge in [-0.3, -0.25) is 0 Å². The molecule has 16 heavy (non-hydrogen) atoms. The van der Waals surface area contributed by atoms with Crippen LogP contribution in [0.5, 0.6) is 0 Å². The molecule has 1 aliphatic carbocycles. The Morgan fingerprint density at radius 3 is 2.50 bits per heavy atom. The molecule has 0 aromatic heterocycles. The van der Waals surface area contributed by atoms with E-state index in [1.807, 2.05) is 14.2 Å². The summed E-state index contributed by atoms with van der Waals surface area (Å²) < 4.78 is 5.67. The van der Waals surface area contributed by atoms with Gasteiger partial charge in [-0.1, -0.05) is 24.3 Å². The van der Waals surface area contributed by atoms with Gasteiger partial charge in [0.05, 0.1) is 12.1 Å². The van der Waals surface area contributed by atoms with E-state index < -0.39 is 0 Å². The molecular weight excluding hydrogens is 198 g/mol. The second-order valence-electron chi connectivity index (χ2n) is 4.66. The predicted octanol–water partition coefficient (Wildman–Crippen LogP) is 2.68. The summed E-state index contributed by atoms with van der Waals surface area (Å²) in [6.45, 7) is 2.17. The Morgan fingerprint density at radius 2 is 2.00 bits per heavy atom. The lowest BCUT2D eigenvalue weighted by atomic mass is 9.94. The van der Waals surface area contributed by atoms with E-state index in [9.17, 15) is 0 Å². The maximum absolute atomic E-state index is 5.67. The van der Waals surface area contributed by atoms with Gasteiger partial charge >= 0.3 is 0 Å². The fraction of sp³-hybridized carbons (Fsp3) is 0.571. The number of hydrogen-bond donors (Lipinski definition) is 1. The third kappa shape index (κ3) is 2.28. The van der Waals surface area contributed by atoms with E-state index in [-0.39, 0.29) is 0 Å². The standard InChI is InChI=1S/C14H21NO/c1-10-6-4-5-7-12(10)13(15-2)14(16-3)11-8-9-11/h4-7,11,13-15H,8-9H2,1-3H3. The monoisotopic (exact) mass is 219 g/mol. The zero-order valence-electron chi connectivity index (χ0n) is 10.4. The Morgan fingerprint density at radius 1 is 1.31 bits per heavy atom. The predicted molar refractivity (Wildman–Crippen MR) is 66.5 cm³/mol. The highest BCUT2D eigenvalue weighted by atomic mass is 16.5. The molecule has 1 saturated carbocycles. The summed E-state index contributed by atoms with van der Waals surface area (Å²) in [5.41, 5.74) is 2.70. The number of rotatable bonds is 5. The fourth-order valence-electron chi connectivity index (χ4n) is 2.46. The minimum absolute atomic E-state index is 0.311. The molecule has 1 aliphatic rings. The molecule has 2 heteroatoms. The lowest BCUT2D eigenvalue weighted by Crippen LogP contribution is -2.33. The molecule has 2 unspecified atom stereocenters. The topological polar surface area (TPSA) is 21.3 Å². The van der Waals surface area contributed by atoms with Gasteiger partial charge in [0, 0.05) is 7.11 Å². The van der Waals surface area contributed by atoms with Gasteiger partial charge in [-0.25, -0.2) is 0 Å². The quantitative estimate of drug-likeness (QED) is 0.822. The van der Waals surface area contributed by atoms with E-state index in [0.717, 1.165) is 5.92 Å². The average molecular weight is 219 g/mol. The molecule has 88 valence electrons. The van der Waals surface area contributed by atoms with Gasteiger partial charge in [0.15, 0.2) is 0 Å². The molecule has 2 nitrogen and oxygen atoms in total. The Bertz CT molecular complexity index is 346. The average Bonchev–Trinajstić information content (AvgIpc) is 3.11. The SMILES string of the molecule is CNC(c1ccccc1C)C(OC)C1CC1. The summed E-state index contributed by atoms with van der Waals surface area (Å²) in [6, 6.07) is 8.87. The first kappa shape index (κ1) is 11.6. The molecule has 1 aromatic rings. The van der Waals surface area contributed by atoms with Crippen molar-refractivity contribution in [1.82, 2.24) is 5.32 Å². The van der Waals surface area contributed by atoms with E-state index in [4.69, 9.17) is 4.74 Å². The second kappa shape index (κ2) is 4.98. The maximum Gasteiger partial charge on any atom is 0.0794 e. The van der Waals surface area contributed by atoms with E-state index in [0.29, 0.717) is 12.1 Å². The van der Waals surface area contributed by atoms with Crippen LogP contribution >= 0.6 is 0 Å². The third-order valence-corrected chi connectivity index (χ3v) is 3.52. The van der Waals surface area contributed by atoms with E-state index in [1.165, 1.54) is 24.0 Å². The van der Waals surface area contributed by atoms with Crippen molar-refractivity contribution in [2.45, 2.75) is 31.9 Å². The molecule has 0 aliphatic heterocycles. The lowest BCUT2D eigenvalue weighted by Gasteiger charge is -2.27. The van der Waals surface area contributed by atoms with Crippen LogP contribution in [0.1, 0.15) is 30.0 Å². The van der Waals surface area contributed by atoms with Gasteiger partial charge in [0.2, 0.25) is 0 Å². The van der Waals surface area contributed by atoms with Gasteiger partial charge in [-0.15, -0.1) is 0 Å². The summed E-state index contributed by atoms with van der Waals surface area (Å²) >= 11 is 0. The molecule has 0 radical (unpaired) electrons. The van der Waals surface area contributed by atoms with Crippen molar-refractivity contribution in [3.05, 3.63) is 35.4 Å². The highest BCUT2D eigenvalue weighted by Gasteiger charge is 2.37. The Balaban J connectivity index is 2.23. The number of methoxy groups -OCH3 is 1. The van der Waals surface area contributed by atoms with Gasteiger partial charge in [-0.2, -0.15) is 0 Å². The molecule has 2 atom stereocenters. The molecule has 0 spiro atoms. The number of likely N-dealkylation sites (N-methyl/N-ethyl adjacent to an activating group) is 1. The molecule has 1 N–H and O–H groups in total. The van der Waals surface area contributed by atoms with Crippen molar-refractivity contribution in [3.63, 3.8) is 0 Å². The van der Waals surface area contributed by atoms with E-state index >= 15 is 0 Å². The maximum atomic E-state index is 5.67. The third-order valence-electron chi connectivity index (χ3n) is 3.52. The van der Waals surface area contributed by atoms with Crippen LogP contribution in [0.15, 0.2) is 24.3 Å². The number of nitrogens with one attached hydrogen (secondary N) is 1.